The van der Waals surface area contributed by atoms with Crippen LogP contribution in [0, 0.1) is 5.92 Å². The van der Waals surface area contributed by atoms with Gasteiger partial charge in [0.25, 0.3) is 0 Å². The van der Waals surface area contributed by atoms with E-state index in [-0.39, 0.29) is 4.90 Å². The molecule has 0 atom stereocenters. The average molecular weight is 298 g/mol. The van der Waals surface area contributed by atoms with Crippen molar-refractivity contribution in [1.29, 1.82) is 0 Å². The molecule has 1 fully saturated rings. The molecule has 1 heterocycles. The molecule has 7 heteroatoms. The van der Waals surface area contributed by atoms with Crippen LogP contribution in [-0.2, 0) is 10.0 Å². The fraction of sp³-hybridized carbons (Fsp3) is 0.615. The van der Waals surface area contributed by atoms with Crippen LogP contribution in [0.1, 0.15) is 32.1 Å². The molecule has 3 N–H and O–H groups in total. The Morgan fingerprint density at radius 1 is 1.40 bits per heavy atom. The van der Waals surface area contributed by atoms with Gasteiger partial charge in [-0.1, -0.05) is 19.3 Å². The number of sulfonamides is 1. The molecule has 0 unspecified atom stereocenters. The van der Waals surface area contributed by atoms with Gasteiger partial charge in [0.15, 0.2) is 0 Å². The summed E-state index contributed by atoms with van der Waals surface area (Å²) in [4.78, 5) is 4.01. The van der Waals surface area contributed by atoms with Crippen LogP contribution in [0.3, 0.4) is 0 Å². The number of nitrogens with zero attached hydrogens (tertiary/aromatic N) is 2. The van der Waals surface area contributed by atoms with Gasteiger partial charge in [-0.2, -0.15) is 0 Å². The highest BCUT2D eigenvalue weighted by Crippen LogP contribution is 2.27. The van der Waals surface area contributed by atoms with Crippen LogP contribution < -0.4 is 11.3 Å². The average Bonchev–Trinajstić information content (AvgIpc) is 2.48. The van der Waals surface area contributed by atoms with Crippen molar-refractivity contribution in [3.05, 3.63) is 18.5 Å². The Morgan fingerprint density at radius 2 is 2.10 bits per heavy atom. The molecule has 112 valence electrons. The molecule has 0 saturated heterocycles. The first-order chi connectivity index (χ1) is 9.55. The third kappa shape index (κ3) is 3.28. The van der Waals surface area contributed by atoms with Gasteiger partial charge in [0, 0.05) is 26.0 Å². The standard InChI is InChI=1S/C13H22N4O2S/c1-17(10-11-5-3-2-4-6-11)20(18,19)13-9-15-8-7-12(13)16-14/h7-9,11H,2-6,10,14H2,1H3,(H,15,16). The number of rotatable bonds is 5. The molecule has 1 aliphatic rings. The van der Waals surface area contributed by atoms with Crippen molar-refractivity contribution >= 4 is 15.7 Å². The lowest BCUT2D eigenvalue weighted by Gasteiger charge is -2.27. The lowest BCUT2D eigenvalue weighted by atomic mass is 9.89. The van der Waals surface area contributed by atoms with Crippen molar-refractivity contribution < 1.29 is 8.42 Å². The van der Waals surface area contributed by atoms with Crippen LogP contribution in [0.25, 0.3) is 0 Å². The highest BCUT2D eigenvalue weighted by atomic mass is 32.2. The largest absolute Gasteiger partial charge is 0.323 e. The van der Waals surface area contributed by atoms with Gasteiger partial charge in [0.1, 0.15) is 4.90 Å². The number of nitrogens with two attached hydrogens (primary N) is 1. The van der Waals surface area contributed by atoms with Crippen molar-refractivity contribution in [3.63, 3.8) is 0 Å². The van der Waals surface area contributed by atoms with E-state index in [4.69, 9.17) is 5.84 Å². The molecule has 20 heavy (non-hydrogen) atoms. The molecule has 1 aromatic rings. The summed E-state index contributed by atoms with van der Waals surface area (Å²) in [5.74, 6) is 5.82. The second-order valence-corrected chi connectivity index (χ2v) is 7.32. The predicted octanol–water partition coefficient (Wildman–Crippen LogP) is 1.57. The zero-order valence-corrected chi connectivity index (χ0v) is 12.6. The first-order valence-electron chi connectivity index (χ1n) is 6.92. The number of hydrogen-bond donors (Lipinski definition) is 2. The van der Waals surface area contributed by atoms with Gasteiger partial charge >= 0.3 is 0 Å². The summed E-state index contributed by atoms with van der Waals surface area (Å²) in [5, 5.41) is 0. The maximum Gasteiger partial charge on any atom is 0.246 e. The minimum atomic E-state index is -3.55. The first-order valence-corrected chi connectivity index (χ1v) is 8.36. The Balaban J connectivity index is 2.16. The molecule has 0 aromatic carbocycles. The van der Waals surface area contributed by atoms with Crippen LogP contribution >= 0.6 is 0 Å². The van der Waals surface area contributed by atoms with Crippen molar-refractivity contribution in [1.82, 2.24) is 9.29 Å². The molecule has 1 aromatic heterocycles. The lowest BCUT2D eigenvalue weighted by Crippen LogP contribution is -2.33. The van der Waals surface area contributed by atoms with E-state index in [1.54, 1.807) is 13.1 Å². The predicted molar refractivity (Wildman–Crippen MR) is 78.4 cm³/mol. The fourth-order valence-electron chi connectivity index (χ4n) is 2.70. The number of nitrogen functional groups attached to an aromatic ring is 1. The van der Waals surface area contributed by atoms with Crippen molar-refractivity contribution in [2.24, 2.45) is 11.8 Å². The molecule has 6 nitrogen and oxygen atoms in total. The van der Waals surface area contributed by atoms with Gasteiger partial charge in [-0.25, -0.2) is 12.7 Å². The smallest absolute Gasteiger partial charge is 0.246 e. The molecule has 0 aliphatic heterocycles. The van der Waals surface area contributed by atoms with Crippen LogP contribution in [0.2, 0.25) is 0 Å². The van der Waals surface area contributed by atoms with E-state index >= 15 is 0 Å². The number of hydrazine groups is 1. The highest BCUT2D eigenvalue weighted by Gasteiger charge is 2.27. The Hall–Kier alpha value is -1.18. The van der Waals surface area contributed by atoms with Gasteiger partial charge in [-0.05, 0) is 24.8 Å². The summed E-state index contributed by atoms with van der Waals surface area (Å²) < 4.78 is 26.6. The van der Waals surface area contributed by atoms with Gasteiger partial charge < -0.3 is 5.43 Å². The normalized spacial score (nSPS) is 17.4. The maximum atomic E-state index is 12.6. The number of aromatic nitrogens is 1. The number of hydrogen-bond acceptors (Lipinski definition) is 5. The van der Waals surface area contributed by atoms with Crippen molar-refractivity contribution in [3.8, 4) is 0 Å². The van der Waals surface area contributed by atoms with E-state index in [1.165, 1.54) is 36.0 Å². The van der Waals surface area contributed by atoms with E-state index < -0.39 is 10.0 Å². The Labute approximate surface area is 120 Å². The third-order valence-electron chi connectivity index (χ3n) is 3.87. The van der Waals surface area contributed by atoms with Crippen LogP contribution in [0.5, 0.6) is 0 Å². The lowest BCUT2D eigenvalue weighted by molar-refractivity contribution is 0.300. The van der Waals surface area contributed by atoms with Gasteiger partial charge in [0.05, 0.1) is 5.69 Å². The third-order valence-corrected chi connectivity index (χ3v) is 5.72. The molecular formula is C13H22N4O2S. The van der Waals surface area contributed by atoms with Crippen molar-refractivity contribution in [2.45, 2.75) is 37.0 Å². The number of anilines is 1. The Bertz CT molecular complexity index is 541. The zero-order valence-electron chi connectivity index (χ0n) is 11.7. The fourth-order valence-corrected chi connectivity index (χ4v) is 4.05. The molecule has 0 amide bonds. The topological polar surface area (TPSA) is 88.3 Å². The summed E-state index contributed by atoms with van der Waals surface area (Å²) in [6.07, 6.45) is 8.71. The Kier molecular flexibility index (Phi) is 4.95. The summed E-state index contributed by atoms with van der Waals surface area (Å²) in [6, 6.07) is 1.56. The van der Waals surface area contributed by atoms with E-state index in [0.29, 0.717) is 18.2 Å². The van der Waals surface area contributed by atoms with Crippen molar-refractivity contribution in [2.75, 3.05) is 19.0 Å². The minimum absolute atomic E-state index is 0.126. The SMILES string of the molecule is CN(CC1CCCCC1)S(=O)(=O)c1cnccc1NN. The molecule has 1 saturated carbocycles. The van der Waals surface area contributed by atoms with Crippen LogP contribution in [0.15, 0.2) is 23.4 Å². The molecule has 0 radical (unpaired) electrons. The number of nitrogens with one attached hydrogen (secondary N) is 1. The maximum absolute atomic E-state index is 12.6. The molecule has 0 bridgehead atoms. The minimum Gasteiger partial charge on any atom is -0.323 e. The van der Waals surface area contributed by atoms with Crippen LogP contribution in [0.4, 0.5) is 5.69 Å². The second kappa shape index (κ2) is 6.51. The second-order valence-electron chi connectivity index (χ2n) is 5.31. The monoisotopic (exact) mass is 298 g/mol. The summed E-state index contributed by atoms with van der Waals surface area (Å²) in [6.45, 7) is 0.557. The van der Waals surface area contributed by atoms with E-state index in [2.05, 4.69) is 10.4 Å². The zero-order chi connectivity index (χ0) is 14.6. The quantitative estimate of drug-likeness (QED) is 0.636. The van der Waals surface area contributed by atoms with Gasteiger partial charge in [0.2, 0.25) is 10.0 Å². The molecule has 0 spiro atoms. The molecular weight excluding hydrogens is 276 g/mol. The van der Waals surface area contributed by atoms with Gasteiger partial charge in [-0.15, -0.1) is 0 Å². The highest BCUT2D eigenvalue weighted by molar-refractivity contribution is 7.89. The first kappa shape index (κ1) is 15.2. The molecule has 1 aliphatic carbocycles. The molecule has 2 rings (SSSR count). The van der Waals surface area contributed by atoms with Gasteiger partial charge in [-0.3, -0.25) is 10.8 Å². The Morgan fingerprint density at radius 3 is 2.75 bits per heavy atom. The summed E-state index contributed by atoms with van der Waals surface area (Å²) >= 11 is 0. The summed E-state index contributed by atoms with van der Waals surface area (Å²) in [7, 11) is -1.93. The number of pyridine rings is 1. The van der Waals surface area contributed by atoms with Crippen LogP contribution in [-0.4, -0.2) is 31.3 Å². The van der Waals surface area contributed by atoms with E-state index in [1.807, 2.05) is 0 Å². The van der Waals surface area contributed by atoms with E-state index in [0.717, 1.165) is 12.8 Å². The van der Waals surface area contributed by atoms with E-state index in [9.17, 15) is 8.42 Å². The summed E-state index contributed by atoms with van der Waals surface area (Å²) in [5.41, 5.74) is 2.79.